The maximum Gasteiger partial charge on any atom is 0.324 e. The van der Waals surface area contributed by atoms with Gasteiger partial charge in [0.05, 0.1) is 0 Å². The molecule has 6 nitrogen and oxygen atoms in total. The SMILES string of the molecule is O=C1Oc2cc(N3CC4CC3CN4)ccc2CC1c1nc2ccccc2o1. The van der Waals surface area contributed by atoms with Gasteiger partial charge in [-0.25, -0.2) is 4.98 Å². The van der Waals surface area contributed by atoms with Gasteiger partial charge in [-0.05, 0) is 36.6 Å². The number of piperazine rings is 1. The van der Waals surface area contributed by atoms with Gasteiger partial charge in [0.25, 0.3) is 0 Å². The highest BCUT2D eigenvalue weighted by Gasteiger charge is 2.39. The Morgan fingerprint density at radius 3 is 2.93 bits per heavy atom. The van der Waals surface area contributed by atoms with Crippen LogP contribution in [-0.2, 0) is 11.2 Å². The van der Waals surface area contributed by atoms with E-state index in [0.717, 1.165) is 29.9 Å². The number of nitrogens with one attached hydrogen (secondary N) is 1. The second-order valence-corrected chi connectivity index (χ2v) is 7.64. The maximum absolute atomic E-state index is 12.6. The number of carbonyl (C=O) groups is 1. The van der Waals surface area contributed by atoms with Crippen molar-refractivity contribution in [3.8, 4) is 5.75 Å². The first kappa shape index (κ1) is 15.2. The molecular formula is C21H19N3O3. The minimum atomic E-state index is -0.497. The maximum atomic E-state index is 12.6. The Labute approximate surface area is 156 Å². The van der Waals surface area contributed by atoms with Crippen molar-refractivity contribution in [1.82, 2.24) is 10.3 Å². The van der Waals surface area contributed by atoms with Crippen LogP contribution in [0.2, 0.25) is 0 Å². The molecule has 2 aromatic carbocycles. The number of oxazole rings is 1. The molecular weight excluding hydrogens is 342 g/mol. The normalized spacial score (nSPS) is 26.4. The van der Waals surface area contributed by atoms with Crippen molar-refractivity contribution >= 4 is 22.8 Å². The lowest BCUT2D eigenvalue weighted by Gasteiger charge is -2.31. The average Bonchev–Trinajstić information content (AvgIpc) is 3.41. The van der Waals surface area contributed by atoms with E-state index < -0.39 is 5.92 Å². The van der Waals surface area contributed by atoms with Gasteiger partial charge >= 0.3 is 5.97 Å². The lowest BCUT2D eigenvalue weighted by molar-refractivity contribution is -0.137. The number of rotatable bonds is 2. The van der Waals surface area contributed by atoms with E-state index in [9.17, 15) is 4.79 Å². The van der Waals surface area contributed by atoms with Gasteiger partial charge in [0.2, 0.25) is 5.89 Å². The lowest BCUT2D eigenvalue weighted by atomic mass is 9.95. The molecule has 0 saturated carbocycles. The number of nitrogens with zero attached hydrogens (tertiary/aromatic N) is 2. The molecule has 3 aromatic rings. The Hall–Kier alpha value is -2.86. The minimum absolute atomic E-state index is 0.296. The van der Waals surface area contributed by atoms with E-state index in [1.165, 1.54) is 6.42 Å². The Kier molecular flexibility index (Phi) is 3.14. The molecule has 3 atom stereocenters. The molecule has 0 amide bonds. The van der Waals surface area contributed by atoms with Gasteiger partial charge in [0.1, 0.15) is 17.2 Å². The second kappa shape index (κ2) is 5.57. The Balaban J connectivity index is 1.31. The van der Waals surface area contributed by atoms with Crippen LogP contribution >= 0.6 is 0 Å². The quantitative estimate of drug-likeness (QED) is 0.559. The second-order valence-electron chi connectivity index (χ2n) is 7.64. The predicted molar refractivity (Wildman–Crippen MR) is 100 cm³/mol. The monoisotopic (exact) mass is 361 g/mol. The van der Waals surface area contributed by atoms with E-state index in [1.807, 2.05) is 30.3 Å². The highest BCUT2D eigenvalue weighted by Crippen LogP contribution is 2.38. The van der Waals surface area contributed by atoms with Gasteiger partial charge in [-0.2, -0.15) is 0 Å². The first-order valence-corrected chi connectivity index (χ1v) is 9.45. The Morgan fingerprint density at radius 1 is 1.19 bits per heavy atom. The molecule has 0 radical (unpaired) electrons. The minimum Gasteiger partial charge on any atom is -0.440 e. The summed E-state index contributed by atoms with van der Waals surface area (Å²) in [6.07, 6.45) is 1.74. The summed E-state index contributed by atoms with van der Waals surface area (Å²) in [4.78, 5) is 19.6. The van der Waals surface area contributed by atoms with Crippen LogP contribution in [0, 0.1) is 0 Å². The van der Waals surface area contributed by atoms with Gasteiger partial charge in [-0.15, -0.1) is 0 Å². The van der Waals surface area contributed by atoms with Crippen molar-refractivity contribution in [2.24, 2.45) is 0 Å². The zero-order chi connectivity index (χ0) is 18.0. The summed E-state index contributed by atoms with van der Waals surface area (Å²) >= 11 is 0. The Morgan fingerprint density at radius 2 is 2.11 bits per heavy atom. The number of benzene rings is 2. The molecule has 4 heterocycles. The van der Waals surface area contributed by atoms with Crippen molar-refractivity contribution < 1.29 is 13.9 Å². The highest BCUT2D eigenvalue weighted by atomic mass is 16.5. The third-order valence-electron chi connectivity index (χ3n) is 5.97. The molecule has 3 unspecified atom stereocenters. The third kappa shape index (κ3) is 2.36. The summed E-state index contributed by atoms with van der Waals surface area (Å²) in [6, 6.07) is 14.9. The van der Waals surface area contributed by atoms with E-state index in [1.54, 1.807) is 0 Å². The molecule has 6 heteroatoms. The fraction of sp³-hybridized carbons (Fsp3) is 0.333. The molecule has 0 aliphatic carbocycles. The summed E-state index contributed by atoms with van der Waals surface area (Å²) in [7, 11) is 0. The van der Waals surface area contributed by atoms with Gasteiger partial charge in [-0.1, -0.05) is 18.2 Å². The van der Waals surface area contributed by atoms with Gasteiger partial charge in [-0.3, -0.25) is 4.79 Å². The lowest BCUT2D eigenvalue weighted by Crippen LogP contribution is -2.43. The van der Waals surface area contributed by atoms with Crippen LogP contribution in [0.4, 0.5) is 5.69 Å². The van der Waals surface area contributed by atoms with Crippen LogP contribution in [-0.4, -0.2) is 36.1 Å². The number of aromatic nitrogens is 1. The number of hydrogen-bond donors (Lipinski definition) is 1. The number of para-hydroxylation sites is 2. The molecule has 2 fully saturated rings. The van der Waals surface area contributed by atoms with E-state index in [0.29, 0.717) is 35.7 Å². The summed E-state index contributed by atoms with van der Waals surface area (Å²) in [5.41, 5.74) is 3.61. The molecule has 1 aromatic heterocycles. The largest absolute Gasteiger partial charge is 0.440 e. The summed E-state index contributed by atoms with van der Waals surface area (Å²) in [5, 5.41) is 3.52. The third-order valence-corrected chi connectivity index (χ3v) is 5.97. The van der Waals surface area contributed by atoms with Crippen molar-refractivity contribution in [1.29, 1.82) is 0 Å². The number of carbonyl (C=O) groups excluding carboxylic acids is 1. The highest BCUT2D eigenvalue weighted by molar-refractivity contribution is 5.83. The van der Waals surface area contributed by atoms with E-state index in [2.05, 4.69) is 27.3 Å². The van der Waals surface area contributed by atoms with Gasteiger partial charge in [0.15, 0.2) is 5.58 Å². The average molecular weight is 361 g/mol. The molecule has 3 aliphatic heterocycles. The first-order chi connectivity index (χ1) is 13.2. The molecule has 2 bridgehead atoms. The summed E-state index contributed by atoms with van der Waals surface area (Å²) in [5.74, 6) is 0.304. The zero-order valence-corrected chi connectivity index (χ0v) is 14.7. The van der Waals surface area contributed by atoms with Crippen LogP contribution in [0.5, 0.6) is 5.75 Å². The fourth-order valence-electron chi connectivity index (χ4n) is 4.57. The van der Waals surface area contributed by atoms with Crippen molar-refractivity contribution in [2.45, 2.75) is 30.8 Å². The zero-order valence-electron chi connectivity index (χ0n) is 14.7. The van der Waals surface area contributed by atoms with Crippen molar-refractivity contribution in [3.63, 3.8) is 0 Å². The first-order valence-electron chi connectivity index (χ1n) is 9.45. The fourth-order valence-corrected chi connectivity index (χ4v) is 4.57. The van der Waals surface area contributed by atoms with E-state index >= 15 is 0 Å². The predicted octanol–water partition coefficient (Wildman–Crippen LogP) is 2.62. The van der Waals surface area contributed by atoms with Crippen LogP contribution in [0.25, 0.3) is 11.1 Å². The summed E-state index contributed by atoms with van der Waals surface area (Å²) < 4.78 is 11.5. The van der Waals surface area contributed by atoms with E-state index in [4.69, 9.17) is 9.15 Å². The number of fused-ring (bicyclic) bond motifs is 4. The number of ether oxygens (including phenoxy) is 1. The number of anilines is 1. The Bertz CT molecular complexity index is 1030. The molecule has 2 saturated heterocycles. The van der Waals surface area contributed by atoms with Gasteiger partial charge in [0, 0.05) is 36.9 Å². The van der Waals surface area contributed by atoms with Gasteiger partial charge < -0.3 is 19.4 Å². The molecule has 136 valence electrons. The molecule has 27 heavy (non-hydrogen) atoms. The van der Waals surface area contributed by atoms with Crippen LogP contribution in [0.3, 0.4) is 0 Å². The molecule has 1 N–H and O–H groups in total. The summed E-state index contributed by atoms with van der Waals surface area (Å²) in [6.45, 7) is 2.05. The van der Waals surface area contributed by atoms with Crippen molar-refractivity contribution in [2.75, 3.05) is 18.0 Å². The van der Waals surface area contributed by atoms with Crippen molar-refractivity contribution in [3.05, 3.63) is 53.9 Å². The molecule has 3 aliphatic rings. The molecule has 6 rings (SSSR count). The number of hydrogen-bond acceptors (Lipinski definition) is 6. The van der Waals surface area contributed by atoms with Crippen LogP contribution in [0.1, 0.15) is 23.8 Å². The molecule has 0 spiro atoms. The van der Waals surface area contributed by atoms with E-state index in [-0.39, 0.29) is 5.97 Å². The smallest absolute Gasteiger partial charge is 0.324 e. The van der Waals surface area contributed by atoms with Crippen LogP contribution in [0.15, 0.2) is 46.9 Å². The standard InChI is InChI=1S/C21H19N3O3/c25-21-16(20-23-17-3-1-2-4-18(17)26-20)7-12-5-6-14(9-19(12)27-21)24-11-13-8-15(24)10-22-13/h1-6,9,13,15-16,22H,7-8,10-11H2. The van der Waals surface area contributed by atoms with Crippen LogP contribution < -0.4 is 15.0 Å². The topological polar surface area (TPSA) is 67.6 Å². The number of esters is 1.